The molecular weight excluding hydrogens is 222 g/mol. The van der Waals surface area contributed by atoms with Crippen molar-refractivity contribution in [3.63, 3.8) is 0 Å². The zero-order valence-electron chi connectivity index (χ0n) is 11.8. The summed E-state index contributed by atoms with van der Waals surface area (Å²) in [5, 5.41) is 13.7. The molecule has 0 amide bonds. The maximum absolute atomic E-state index is 10.3. The van der Waals surface area contributed by atoms with Gasteiger partial charge >= 0.3 is 0 Å². The van der Waals surface area contributed by atoms with E-state index in [9.17, 15) is 5.11 Å². The maximum atomic E-state index is 10.3. The highest BCUT2D eigenvalue weighted by atomic mass is 16.3. The van der Waals surface area contributed by atoms with Crippen molar-refractivity contribution in [2.75, 3.05) is 6.54 Å². The zero-order chi connectivity index (χ0) is 13.2. The van der Waals surface area contributed by atoms with E-state index < -0.39 is 5.60 Å². The van der Waals surface area contributed by atoms with Gasteiger partial charge in [0.15, 0.2) is 0 Å². The summed E-state index contributed by atoms with van der Waals surface area (Å²) in [5.41, 5.74) is 4.93. The van der Waals surface area contributed by atoms with Crippen LogP contribution in [0.2, 0.25) is 0 Å². The third-order valence-corrected chi connectivity index (χ3v) is 4.26. The van der Waals surface area contributed by atoms with Crippen LogP contribution in [0.25, 0.3) is 0 Å². The number of hydrogen-bond acceptors (Lipinski definition) is 2. The Hall–Kier alpha value is -0.860. The van der Waals surface area contributed by atoms with Gasteiger partial charge in [0.1, 0.15) is 0 Å². The quantitative estimate of drug-likeness (QED) is 0.857. The van der Waals surface area contributed by atoms with E-state index in [2.05, 4.69) is 38.2 Å². The Labute approximate surface area is 110 Å². The van der Waals surface area contributed by atoms with E-state index in [-0.39, 0.29) is 0 Å². The topological polar surface area (TPSA) is 32.3 Å². The molecule has 0 aromatic heterocycles. The summed E-state index contributed by atoms with van der Waals surface area (Å²) in [7, 11) is 0. The third kappa shape index (κ3) is 3.12. The minimum absolute atomic E-state index is 0.451. The number of aliphatic hydroxyl groups is 1. The molecule has 1 saturated carbocycles. The van der Waals surface area contributed by atoms with Gasteiger partial charge in [-0.25, -0.2) is 0 Å². The predicted octanol–water partition coefficient (Wildman–Crippen LogP) is 3.01. The lowest BCUT2D eigenvalue weighted by Gasteiger charge is -2.23. The molecule has 0 unspecified atom stereocenters. The maximum Gasteiger partial charge on any atom is 0.0771 e. The molecule has 0 bridgehead atoms. The lowest BCUT2D eigenvalue weighted by atomic mass is 10.00. The summed E-state index contributed by atoms with van der Waals surface area (Å²) in [4.78, 5) is 0. The van der Waals surface area contributed by atoms with E-state index in [1.54, 1.807) is 0 Å². The summed E-state index contributed by atoms with van der Waals surface area (Å²) in [5.74, 6) is 0. The summed E-state index contributed by atoms with van der Waals surface area (Å²) in [6, 6.07) is 4.51. The number of nitrogens with one attached hydrogen (secondary N) is 1. The number of hydrogen-bond donors (Lipinski definition) is 2. The first-order valence-electron chi connectivity index (χ1n) is 7.00. The van der Waals surface area contributed by atoms with Crippen LogP contribution >= 0.6 is 0 Å². The summed E-state index contributed by atoms with van der Waals surface area (Å²) in [6.07, 6.45) is 4.24. The van der Waals surface area contributed by atoms with Gasteiger partial charge in [0.05, 0.1) is 5.60 Å². The molecule has 0 radical (unpaired) electrons. The van der Waals surface area contributed by atoms with Crippen LogP contribution in [0.3, 0.4) is 0 Å². The highest BCUT2D eigenvalue weighted by Gasteiger charge is 2.30. The lowest BCUT2D eigenvalue weighted by Crippen LogP contribution is -2.37. The minimum atomic E-state index is -0.451. The van der Waals surface area contributed by atoms with E-state index in [0.717, 1.165) is 25.9 Å². The van der Waals surface area contributed by atoms with Gasteiger partial charge < -0.3 is 10.4 Å². The van der Waals surface area contributed by atoms with Crippen molar-refractivity contribution >= 4 is 0 Å². The van der Waals surface area contributed by atoms with E-state index in [1.807, 2.05) is 0 Å². The van der Waals surface area contributed by atoms with Gasteiger partial charge in [-0.3, -0.25) is 0 Å². The molecule has 0 atom stereocenters. The molecule has 2 nitrogen and oxygen atoms in total. The molecule has 1 aliphatic carbocycles. The van der Waals surface area contributed by atoms with Crippen LogP contribution in [0, 0.1) is 20.8 Å². The van der Waals surface area contributed by atoms with Crippen LogP contribution in [0.1, 0.15) is 47.9 Å². The molecule has 0 aliphatic heterocycles. The Kier molecular flexibility index (Phi) is 4.08. The van der Waals surface area contributed by atoms with Crippen LogP contribution in [-0.2, 0) is 6.54 Å². The fourth-order valence-electron chi connectivity index (χ4n) is 2.85. The monoisotopic (exact) mass is 247 g/mol. The fourth-order valence-corrected chi connectivity index (χ4v) is 2.85. The van der Waals surface area contributed by atoms with Crippen molar-refractivity contribution in [1.29, 1.82) is 0 Å². The smallest absolute Gasteiger partial charge is 0.0771 e. The van der Waals surface area contributed by atoms with Crippen LogP contribution < -0.4 is 5.32 Å². The Morgan fingerprint density at radius 2 is 1.67 bits per heavy atom. The van der Waals surface area contributed by atoms with Gasteiger partial charge in [0, 0.05) is 13.1 Å². The second-order valence-electron chi connectivity index (χ2n) is 5.90. The molecule has 0 saturated heterocycles. The van der Waals surface area contributed by atoms with Crippen molar-refractivity contribution in [3.8, 4) is 0 Å². The van der Waals surface area contributed by atoms with Gasteiger partial charge in [-0.05, 0) is 55.9 Å². The lowest BCUT2D eigenvalue weighted by molar-refractivity contribution is 0.0474. The molecule has 1 aliphatic rings. The second kappa shape index (κ2) is 5.41. The minimum Gasteiger partial charge on any atom is -0.389 e. The van der Waals surface area contributed by atoms with Gasteiger partial charge in [-0.1, -0.05) is 25.0 Å². The standard InChI is InChI=1S/C16H25NO/c1-12-8-14(3)15(9-13(12)2)10-17-11-16(18)6-4-5-7-16/h8-9,17-18H,4-7,10-11H2,1-3H3. The molecule has 0 heterocycles. The molecule has 18 heavy (non-hydrogen) atoms. The summed E-state index contributed by atoms with van der Waals surface area (Å²) < 4.78 is 0. The predicted molar refractivity (Wildman–Crippen MR) is 75.8 cm³/mol. The molecule has 100 valence electrons. The largest absolute Gasteiger partial charge is 0.389 e. The second-order valence-corrected chi connectivity index (χ2v) is 5.90. The zero-order valence-corrected chi connectivity index (χ0v) is 11.8. The first-order chi connectivity index (χ1) is 8.50. The van der Waals surface area contributed by atoms with E-state index in [4.69, 9.17) is 0 Å². The number of aryl methyl sites for hydroxylation is 3. The van der Waals surface area contributed by atoms with Crippen molar-refractivity contribution in [2.24, 2.45) is 0 Å². The van der Waals surface area contributed by atoms with Crippen LogP contribution in [0.4, 0.5) is 0 Å². The van der Waals surface area contributed by atoms with Gasteiger partial charge in [-0.2, -0.15) is 0 Å². The Morgan fingerprint density at radius 3 is 2.33 bits per heavy atom. The van der Waals surface area contributed by atoms with Crippen LogP contribution in [-0.4, -0.2) is 17.3 Å². The van der Waals surface area contributed by atoms with Crippen LogP contribution in [0.15, 0.2) is 12.1 Å². The summed E-state index contributed by atoms with van der Waals surface area (Å²) >= 11 is 0. The Morgan fingerprint density at radius 1 is 1.06 bits per heavy atom. The molecule has 2 rings (SSSR count). The first-order valence-corrected chi connectivity index (χ1v) is 7.00. The SMILES string of the molecule is Cc1cc(C)c(CNCC2(O)CCCC2)cc1C. The molecule has 1 fully saturated rings. The highest BCUT2D eigenvalue weighted by molar-refractivity contribution is 5.36. The molecule has 2 heteroatoms. The first kappa shape index (κ1) is 13.6. The number of rotatable bonds is 4. The molecule has 1 aromatic carbocycles. The van der Waals surface area contributed by atoms with Crippen LogP contribution in [0.5, 0.6) is 0 Å². The van der Waals surface area contributed by atoms with Crippen molar-refractivity contribution in [1.82, 2.24) is 5.32 Å². The normalized spacial score (nSPS) is 18.2. The molecular formula is C16H25NO. The Bertz CT molecular complexity index is 419. The van der Waals surface area contributed by atoms with Crippen molar-refractivity contribution < 1.29 is 5.11 Å². The average Bonchev–Trinajstić information content (AvgIpc) is 2.73. The molecule has 2 N–H and O–H groups in total. The summed E-state index contributed by atoms with van der Waals surface area (Å²) in [6.45, 7) is 8.05. The third-order valence-electron chi connectivity index (χ3n) is 4.26. The highest BCUT2D eigenvalue weighted by Crippen LogP contribution is 2.28. The van der Waals surface area contributed by atoms with E-state index >= 15 is 0 Å². The fraction of sp³-hybridized carbons (Fsp3) is 0.625. The molecule has 1 aromatic rings. The number of benzene rings is 1. The van der Waals surface area contributed by atoms with Gasteiger partial charge in [0.2, 0.25) is 0 Å². The van der Waals surface area contributed by atoms with Gasteiger partial charge in [-0.15, -0.1) is 0 Å². The van der Waals surface area contributed by atoms with E-state index in [0.29, 0.717) is 0 Å². The van der Waals surface area contributed by atoms with Gasteiger partial charge in [0.25, 0.3) is 0 Å². The van der Waals surface area contributed by atoms with E-state index in [1.165, 1.54) is 35.1 Å². The molecule has 0 spiro atoms. The van der Waals surface area contributed by atoms with Crippen molar-refractivity contribution in [3.05, 3.63) is 34.4 Å². The van der Waals surface area contributed by atoms with Crippen molar-refractivity contribution in [2.45, 2.75) is 58.6 Å². The Balaban J connectivity index is 1.92. The average molecular weight is 247 g/mol.